The third-order valence-corrected chi connectivity index (χ3v) is 8.86. The van der Waals surface area contributed by atoms with E-state index in [2.05, 4.69) is 26.1 Å². The molecule has 2 aromatic heterocycles. The lowest BCUT2D eigenvalue weighted by atomic mass is 10.1. The number of aromatic amines is 1. The van der Waals surface area contributed by atoms with E-state index in [0.29, 0.717) is 33.7 Å². The number of halogens is 2. The number of carbonyl (C=O) groups excluding carboxylic acids is 1. The number of hydrogen-bond acceptors (Lipinski definition) is 5. The first-order valence-corrected chi connectivity index (χ1v) is 12.1. The van der Waals surface area contributed by atoms with Crippen molar-refractivity contribution < 1.29 is 13.2 Å². The van der Waals surface area contributed by atoms with Crippen LogP contribution in [0.4, 0.5) is 0 Å². The molecule has 0 aliphatic carbocycles. The second kappa shape index (κ2) is 8.19. The van der Waals surface area contributed by atoms with E-state index in [1.165, 1.54) is 15.6 Å². The molecule has 1 saturated heterocycles. The zero-order valence-electron chi connectivity index (χ0n) is 15.0. The largest absolute Gasteiger partial charge is 0.335 e. The number of thiophene rings is 1. The van der Waals surface area contributed by atoms with E-state index in [-0.39, 0.29) is 19.0 Å². The fourth-order valence-electron chi connectivity index (χ4n) is 3.07. The van der Waals surface area contributed by atoms with Crippen LogP contribution in [0.25, 0.3) is 11.3 Å². The van der Waals surface area contributed by atoms with Gasteiger partial charge < -0.3 is 4.90 Å². The van der Waals surface area contributed by atoms with Gasteiger partial charge in [-0.1, -0.05) is 23.7 Å². The maximum atomic E-state index is 12.8. The molecule has 1 aliphatic heterocycles. The number of rotatable bonds is 4. The molecular formula is C18H16BrClN4O3S2. The predicted octanol–water partition coefficient (Wildman–Crippen LogP) is 3.70. The van der Waals surface area contributed by atoms with Gasteiger partial charge in [0.25, 0.3) is 15.9 Å². The minimum Gasteiger partial charge on any atom is -0.335 e. The van der Waals surface area contributed by atoms with E-state index in [4.69, 9.17) is 11.6 Å². The molecule has 3 aromatic rings. The fourth-order valence-corrected chi connectivity index (χ4v) is 6.78. The normalized spacial score (nSPS) is 15.6. The summed E-state index contributed by atoms with van der Waals surface area (Å²) in [5.41, 5.74) is 1.87. The summed E-state index contributed by atoms with van der Waals surface area (Å²) in [6.07, 6.45) is 0. The van der Waals surface area contributed by atoms with Crippen LogP contribution in [0.5, 0.6) is 0 Å². The molecule has 11 heteroatoms. The number of hydrogen-bond donors (Lipinski definition) is 1. The molecule has 0 saturated carbocycles. The number of nitrogens with one attached hydrogen (secondary N) is 1. The number of carbonyl (C=O) groups is 1. The number of piperazine rings is 1. The van der Waals surface area contributed by atoms with Gasteiger partial charge in [0.1, 0.15) is 9.90 Å². The summed E-state index contributed by atoms with van der Waals surface area (Å²) in [5, 5.41) is 7.61. The Labute approximate surface area is 185 Å². The molecule has 4 rings (SSSR count). The number of benzene rings is 1. The van der Waals surface area contributed by atoms with Crippen LogP contribution in [0.15, 0.2) is 50.5 Å². The molecule has 1 fully saturated rings. The van der Waals surface area contributed by atoms with Gasteiger partial charge in [-0.2, -0.15) is 9.40 Å². The van der Waals surface area contributed by atoms with Crippen molar-refractivity contribution in [3.05, 3.63) is 57.0 Å². The van der Waals surface area contributed by atoms with Crippen LogP contribution in [-0.4, -0.2) is 59.9 Å². The van der Waals surface area contributed by atoms with Gasteiger partial charge in [0.05, 0.1) is 9.48 Å². The summed E-state index contributed by atoms with van der Waals surface area (Å²) in [6, 6.07) is 12.2. The van der Waals surface area contributed by atoms with Gasteiger partial charge in [0, 0.05) is 36.8 Å². The van der Waals surface area contributed by atoms with Crippen LogP contribution in [0.3, 0.4) is 0 Å². The molecule has 7 nitrogen and oxygen atoms in total. The Hall–Kier alpha value is -1.72. The molecule has 152 valence electrons. The number of aromatic nitrogens is 2. The molecule has 1 N–H and O–H groups in total. The summed E-state index contributed by atoms with van der Waals surface area (Å²) in [5.74, 6) is -0.200. The third-order valence-electron chi connectivity index (χ3n) is 4.62. The van der Waals surface area contributed by atoms with Crippen molar-refractivity contribution in [2.45, 2.75) is 4.21 Å². The highest BCUT2D eigenvalue weighted by atomic mass is 79.9. The lowest BCUT2D eigenvalue weighted by molar-refractivity contribution is 0.0692. The van der Waals surface area contributed by atoms with Crippen molar-refractivity contribution in [3.8, 4) is 11.3 Å². The van der Waals surface area contributed by atoms with Gasteiger partial charge in [-0.3, -0.25) is 9.89 Å². The van der Waals surface area contributed by atoms with Crippen LogP contribution in [-0.2, 0) is 10.0 Å². The summed E-state index contributed by atoms with van der Waals surface area (Å²) in [7, 11) is -3.54. The first kappa shape index (κ1) is 20.5. The topological polar surface area (TPSA) is 86.4 Å². The van der Waals surface area contributed by atoms with Crippen LogP contribution >= 0.6 is 38.9 Å². The van der Waals surface area contributed by atoms with Gasteiger partial charge in [0.15, 0.2) is 0 Å². The Bertz CT molecular complexity index is 1140. The monoisotopic (exact) mass is 514 g/mol. The summed E-state index contributed by atoms with van der Waals surface area (Å²) < 4.78 is 27.9. The molecule has 29 heavy (non-hydrogen) atoms. The first-order chi connectivity index (χ1) is 13.8. The standard InChI is InChI=1S/C18H16BrClN4O3S2/c19-16-5-6-17(28-16)29(26,27)24-9-7-23(8-10-24)18(25)15-11-14(21-22-15)12-1-3-13(20)4-2-12/h1-6,11H,7-10H2,(H,21,22). The highest BCUT2D eigenvalue weighted by molar-refractivity contribution is 9.11. The van der Waals surface area contributed by atoms with E-state index >= 15 is 0 Å². The third kappa shape index (κ3) is 4.26. The first-order valence-electron chi connectivity index (χ1n) is 8.71. The Morgan fingerprint density at radius 2 is 1.79 bits per heavy atom. The van der Waals surface area contributed by atoms with Crippen LogP contribution in [0.1, 0.15) is 10.5 Å². The molecule has 0 radical (unpaired) electrons. The van der Waals surface area contributed by atoms with Crippen LogP contribution < -0.4 is 0 Å². The Balaban J connectivity index is 1.42. The maximum Gasteiger partial charge on any atom is 0.271 e. The van der Waals surface area contributed by atoms with E-state index in [1.807, 2.05) is 12.1 Å². The quantitative estimate of drug-likeness (QED) is 0.574. The minimum atomic E-state index is -3.54. The molecule has 0 bridgehead atoms. The maximum absolute atomic E-state index is 12.8. The second-order valence-electron chi connectivity index (χ2n) is 6.43. The summed E-state index contributed by atoms with van der Waals surface area (Å²) >= 11 is 10.4. The minimum absolute atomic E-state index is 0.200. The molecular weight excluding hydrogens is 500 g/mol. The number of sulfonamides is 1. The van der Waals surface area contributed by atoms with E-state index < -0.39 is 10.0 Å². The highest BCUT2D eigenvalue weighted by Crippen LogP contribution is 2.29. The van der Waals surface area contributed by atoms with Gasteiger partial charge in [0.2, 0.25) is 0 Å². The molecule has 1 amide bonds. The van der Waals surface area contributed by atoms with Crippen molar-refractivity contribution in [3.63, 3.8) is 0 Å². The van der Waals surface area contributed by atoms with E-state index in [1.54, 1.807) is 35.2 Å². The Morgan fingerprint density at radius 1 is 1.10 bits per heavy atom. The Kier molecular flexibility index (Phi) is 5.80. The molecule has 0 spiro atoms. The average Bonchev–Trinajstić information content (AvgIpc) is 3.38. The molecule has 1 aromatic carbocycles. The van der Waals surface area contributed by atoms with Gasteiger partial charge in [-0.25, -0.2) is 8.42 Å². The number of nitrogens with zero attached hydrogens (tertiary/aromatic N) is 3. The number of amides is 1. The Morgan fingerprint density at radius 3 is 2.41 bits per heavy atom. The second-order valence-corrected chi connectivity index (χ2v) is 11.5. The lowest BCUT2D eigenvalue weighted by Gasteiger charge is -2.33. The molecule has 0 unspecified atom stereocenters. The van der Waals surface area contributed by atoms with Gasteiger partial charge in [-0.05, 0) is 46.3 Å². The van der Waals surface area contributed by atoms with Crippen molar-refractivity contribution in [1.82, 2.24) is 19.4 Å². The van der Waals surface area contributed by atoms with Gasteiger partial charge in [-0.15, -0.1) is 11.3 Å². The van der Waals surface area contributed by atoms with Crippen molar-refractivity contribution >= 4 is 54.8 Å². The SMILES string of the molecule is O=C(c1cc(-c2ccc(Cl)cc2)n[nH]1)N1CCN(S(=O)(=O)c2ccc(Br)s2)CC1. The lowest BCUT2D eigenvalue weighted by Crippen LogP contribution is -2.50. The fraction of sp³-hybridized carbons (Fsp3) is 0.222. The van der Waals surface area contributed by atoms with Crippen molar-refractivity contribution in [2.75, 3.05) is 26.2 Å². The highest BCUT2D eigenvalue weighted by Gasteiger charge is 2.31. The molecule has 0 atom stereocenters. The zero-order chi connectivity index (χ0) is 20.6. The zero-order valence-corrected chi connectivity index (χ0v) is 19.0. The van der Waals surface area contributed by atoms with Crippen molar-refractivity contribution in [1.29, 1.82) is 0 Å². The van der Waals surface area contributed by atoms with Crippen LogP contribution in [0.2, 0.25) is 5.02 Å². The van der Waals surface area contributed by atoms with Crippen LogP contribution in [0, 0.1) is 0 Å². The summed E-state index contributed by atoms with van der Waals surface area (Å²) in [4.78, 5) is 14.4. The van der Waals surface area contributed by atoms with E-state index in [9.17, 15) is 13.2 Å². The summed E-state index contributed by atoms with van der Waals surface area (Å²) in [6.45, 7) is 1.14. The average molecular weight is 516 g/mol. The smallest absolute Gasteiger partial charge is 0.271 e. The van der Waals surface area contributed by atoms with E-state index in [0.717, 1.165) is 9.35 Å². The number of H-pyrrole nitrogens is 1. The van der Waals surface area contributed by atoms with Crippen molar-refractivity contribution in [2.24, 2.45) is 0 Å². The molecule has 3 heterocycles. The molecule has 1 aliphatic rings. The van der Waals surface area contributed by atoms with Gasteiger partial charge >= 0.3 is 0 Å². The predicted molar refractivity (Wildman–Crippen MR) is 116 cm³/mol.